The molecule has 9 nitrogen and oxygen atoms in total. The van der Waals surface area contributed by atoms with Gasteiger partial charge in [0.05, 0.1) is 15.8 Å². The van der Waals surface area contributed by atoms with Crippen LogP contribution in [0.2, 0.25) is 0 Å². The summed E-state index contributed by atoms with van der Waals surface area (Å²) in [5.74, 6) is -0.766. The fraction of sp³-hybridized carbons (Fsp3) is 0.367. The Morgan fingerprint density at radius 2 is 1.29 bits per heavy atom. The van der Waals surface area contributed by atoms with Crippen LogP contribution in [0, 0.1) is 13.8 Å². The van der Waals surface area contributed by atoms with Gasteiger partial charge >= 0.3 is 5.97 Å². The highest BCUT2D eigenvalue weighted by molar-refractivity contribution is 7.92. The van der Waals surface area contributed by atoms with Gasteiger partial charge in [0.2, 0.25) is 10.0 Å². The molecule has 222 valence electrons. The van der Waals surface area contributed by atoms with Crippen molar-refractivity contribution in [3.05, 3.63) is 95.6 Å². The maximum Gasteiger partial charge on any atom is 0.303 e. The molecule has 0 aliphatic heterocycles. The number of hydrogen-bond acceptors (Lipinski definition) is 8. The fourth-order valence-corrected chi connectivity index (χ4v) is 7.63. The molecule has 0 aromatic heterocycles. The highest BCUT2D eigenvalue weighted by Gasteiger charge is 2.44. The molecule has 0 spiro atoms. The van der Waals surface area contributed by atoms with Crippen LogP contribution >= 0.6 is 0 Å². The van der Waals surface area contributed by atoms with Gasteiger partial charge in [-0.3, -0.25) is 4.79 Å². The number of rotatable bonds is 14. The molecule has 3 atom stereocenters. The third-order valence-electron chi connectivity index (χ3n) is 6.70. The van der Waals surface area contributed by atoms with E-state index in [9.17, 15) is 21.6 Å². The Hall–Kier alpha value is -3.09. The molecule has 0 saturated carbocycles. The average molecular weight is 604 g/mol. The zero-order valence-electron chi connectivity index (χ0n) is 23.8. The summed E-state index contributed by atoms with van der Waals surface area (Å²) in [5.41, 5.74) is 2.44. The second-order valence-corrected chi connectivity index (χ2v) is 13.7. The molecule has 41 heavy (non-hydrogen) atoms. The molecule has 0 aliphatic rings. The Bertz CT molecular complexity index is 1490. The lowest BCUT2D eigenvalue weighted by atomic mass is 9.98. The molecule has 0 amide bonds. The van der Waals surface area contributed by atoms with E-state index in [0.717, 1.165) is 18.1 Å². The summed E-state index contributed by atoms with van der Waals surface area (Å²) in [6, 6.07) is 20.3. The highest BCUT2D eigenvalue weighted by atomic mass is 32.2. The van der Waals surface area contributed by atoms with Gasteiger partial charge in [0.25, 0.3) is 0 Å². The Labute approximate surface area is 242 Å². The molecule has 11 heteroatoms. The predicted molar refractivity (Wildman–Crippen MR) is 156 cm³/mol. The first kappa shape index (κ1) is 32.4. The molecule has 3 aromatic carbocycles. The summed E-state index contributed by atoms with van der Waals surface area (Å²) >= 11 is 0. The first-order valence-electron chi connectivity index (χ1n) is 13.0. The normalized spacial score (nSPS) is 14.4. The van der Waals surface area contributed by atoms with E-state index in [1.165, 1.54) is 38.5 Å². The lowest BCUT2D eigenvalue weighted by Crippen LogP contribution is -2.54. The first-order valence-corrected chi connectivity index (χ1v) is 16.1. The van der Waals surface area contributed by atoms with E-state index in [2.05, 4.69) is 4.72 Å². The minimum atomic E-state index is -4.21. The standard InChI is InChI=1S/C30H37NO8S2/c1-21-11-15-25(16-12-21)40(33,34)28(20-29(37-4)38-5)30(39-23(3)32)27(19-24-9-7-6-8-10-24)31-41(35,36)26-17-13-22(2)14-18-26/h6-18,27-31H,19-20H2,1-5H3/t27-,28?,30+/m0/s1. The van der Waals surface area contributed by atoms with Crippen molar-refractivity contribution < 1.29 is 35.8 Å². The van der Waals surface area contributed by atoms with Crippen LogP contribution in [0.5, 0.6) is 0 Å². The molecule has 0 heterocycles. The van der Waals surface area contributed by atoms with Gasteiger partial charge < -0.3 is 14.2 Å². The number of benzene rings is 3. The van der Waals surface area contributed by atoms with Gasteiger partial charge in [0.15, 0.2) is 16.1 Å². The summed E-state index contributed by atoms with van der Waals surface area (Å²) in [6.45, 7) is 4.82. The third kappa shape index (κ3) is 8.70. The number of sulfonamides is 1. The molecule has 0 aliphatic carbocycles. The fourth-order valence-electron chi connectivity index (χ4n) is 4.50. The van der Waals surface area contributed by atoms with Crippen molar-refractivity contribution in [2.24, 2.45) is 0 Å². The van der Waals surface area contributed by atoms with Crippen LogP contribution in [-0.4, -0.2) is 60.7 Å². The van der Waals surface area contributed by atoms with Crippen molar-refractivity contribution in [1.29, 1.82) is 0 Å². The summed E-state index contributed by atoms with van der Waals surface area (Å²) in [7, 11) is -5.64. The minimum Gasteiger partial charge on any atom is -0.459 e. The highest BCUT2D eigenvalue weighted by Crippen LogP contribution is 2.29. The minimum absolute atomic E-state index is 0.00365. The van der Waals surface area contributed by atoms with Crippen molar-refractivity contribution in [1.82, 2.24) is 4.72 Å². The van der Waals surface area contributed by atoms with E-state index < -0.39 is 49.5 Å². The van der Waals surface area contributed by atoms with Crippen LogP contribution < -0.4 is 4.72 Å². The molecule has 1 N–H and O–H groups in total. The molecule has 1 unspecified atom stereocenters. The second-order valence-electron chi connectivity index (χ2n) is 9.84. The first-order chi connectivity index (χ1) is 19.4. The zero-order chi connectivity index (χ0) is 30.2. The van der Waals surface area contributed by atoms with Gasteiger partial charge in [-0.05, 0) is 50.1 Å². The summed E-state index contributed by atoms with van der Waals surface area (Å²) < 4.78 is 74.6. The number of nitrogens with one attached hydrogen (secondary N) is 1. The molecule has 0 bridgehead atoms. The number of esters is 1. The number of ether oxygens (including phenoxy) is 3. The van der Waals surface area contributed by atoms with E-state index in [4.69, 9.17) is 14.2 Å². The monoisotopic (exact) mass is 603 g/mol. The van der Waals surface area contributed by atoms with E-state index in [1.807, 2.05) is 19.9 Å². The number of carbonyl (C=O) groups is 1. The maximum absolute atomic E-state index is 14.2. The van der Waals surface area contributed by atoms with Gasteiger partial charge in [-0.2, -0.15) is 0 Å². The van der Waals surface area contributed by atoms with Gasteiger partial charge in [-0.25, -0.2) is 21.6 Å². The van der Waals surface area contributed by atoms with Crippen molar-refractivity contribution >= 4 is 25.8 Å². The van der Waals surface area contributed by atoms with Gasteiger partial charge in [-0.15, -0.1) is 0 Å². The van der Waals surface area contributed by atoms with Gasteiger partial charge in [0.1, 0.15) is 11.4 Å². The van der Waals surface area contributed by atoms with Crippen LogP contribution in [0.25, 0.3) is 0 Å². The maximum atomic E-state index is 14.2. The molecular weight excluding hydrogens is 566 g/mol. The third-order valence-corrected chi connectivity index (χ3v) is 10.4. The largest absolute Gasteiger partial charge is 0.459 e. The summed E-state index contributed by atoms with van der Waals surface area (Å²) in [6.07, 6.45) is -2.64. The number of aryl methyl sites for hydroxylation is 2. The molecule has 0 saturated heterocycles. The number of hydrogen-bond donors (Lipinski definition) is 1. The Morgan fingerprint density at radius 3 is 1.78 bits per heavy atom. The van der Waals surface area contributed by atoms with E-state index in [1.54, 1.807) is 48.5 Å². The van der Waals surface area contributed by atoms with Crippen LogP contribution in [0.4, 0.5) is 0 Å². The molecule has 3 aromatic rings. The van der Waals surface area contributed by atoms with Gasteiger partial charge in [-0.1, -0.05) is 65.7 Å². The molecule has 0 radical (unpaired) electrons. The Morgan fingerprint density at radius 1 is 0.780 bits per heavy atom. The van der Waals surface area contributed by atoms with E-state index in [0.29, 0.717) is 5.56 Å². The van der Waals surface area contributed by atoms with Crippen molar-refractivity contribution in [2.75, 3.05) is 14.2 Å². The van der Waals surface area contributed by atoms with Crippen molar-refractivity contribution in [2.45, 2.75) is 67.1 Å². The lowest BCUT2D eigenvalue weighted by Gasteiger charge is -2.34. The van der Waals surface area contributed by atoms with Crippen molar-refractivity contribution in [3.8, 4) is 0 Å². The molecule has 3 rings (SSSR count). The SMILES string of the molecule is COC(CC([C@H](OC(C)=O)[C@H](Cc1ccccc1)NS(=O)(=O)c1ccc(C)cc1)S(=O)(=O)c1ccc(C)cc1)OC. The van der Waals surface area contributed by atoms with Crippen LogP contribution in [0.3, 0.4) is 0 Å². The smallest absolute Gasteiger partial charge is 0.303 e. The predicted octanol–water partition coefficient (Wildman–Crippen LogP) is 3.98. The van der Waals surface area contributed by atoms with Crippen LogP contribution in [0.15, 0.2) is 88.7 Å². The van der Waals surface area contributed by atoms with Crippen LogP contribution in [-0.2, 0) is 45.3 Å². The van der Waals surface area contributed by atoms with Gasteiger partial charge in [0, 0.05) is 27.6 Å². The van der Waals surface area contributed by atoms with E-state index in [-0.39, 0.29) is 22.6 Å². The topological polar surface area (TPSA) is 125 Å². The second kappa shape index (κ2) is 14.2. The number of methoxy groups -OCH3 is 2. The molecule has 0 fully saturated rings. The summed E-state index contributed by atoms with van der Waals surface area (Å²) in [5, 5.41) is -1.44. The quantitative estimate of drug-likeness (QED) is 0.217. The number of sulfone groups is 1. The van der Waals surface area contributed by atoms with E-state index >= 15 is 0 Å². The Kier molecular flexibility index (Phi) is 11.2. The zero-order valence-corrected chi connectivity index (χ0v) is 25.4. The summed E-state index contributed by atoms with van der Waals surface area (Å²) in [4.78, 5) is 12.5. The molecular formula is C30H37NO8S2. The van der Waals surface area contributed by atoms with Crippen molar-refractivity contribution in [3.63, 3.8) is 0 Å². The average Bonchev–Trinajstić information content (AvgIpc) is 2.93. The Balaban J connectivity index is 2.19. The lowest BCUT2D eigenvalue weighted by molar-refractivity contribution is -0.150. The van der Waals surface area contributed by atoms with Crippen LogP contribution in [0.1, 0.15) is 30.0 Å². The number of carbonyl (C=O) groups excluding carboxylic acids is 1.